The second kappa shape index (κ2) is 6.35. The number of rotatable bonds is 3. The van der Waals surface area contributed by atoms with E-state index in [1.165, 1.54) is 29.5 Å². The summed E-state index contributed by atoms with van der Waals surface area (Å²) in [5.74, 6) is 0.583. The molecule has 3 aromatic carbocycles. The van der Waals surface area contributed by atoms with Gasteiger partial charge in [0.1, 0.15) is 17.3 Å². The van der Waals surface area contributed by atoms with E-state index in [4.69, 9.17) is 22.1 Å². The average Bonchev–Trinajstić information content (AvgIpc) is 2.96. The van der Waals surface area contributed by atoms with Crippen molar-refractivity contribution in [2.75, 3.05) is 5.73 Å². The van der Waals surface area contributed by atoms with Crippen molar-refractivity contribution < 1.29 is 9.13 Å². The third-order valence-electron chi connectivity index (χ3n) is 3.70. The number of anilines is 1. The molecule has 4 rings (SSSR count). The van der Waals surface area contributed by atoms with Crippen LogP contribution in [0.3, 0.4) is 0 Å². The molecule has 25 heavy (non-hydrogen) atoms. The van der Waals surface area contributed by atoms with Crippen LogP contribution in [-0.2, 0) is 0 Å². The highest BCUT2D eigenvalue weighted by Crippen LogP contribution is 2.40. The van der Waals surface area contributed by atoms with Crippen molar-refractivity contribution in [3.8, 4) is 22.6 Å². The highest BCUT2D eigenvalue weighted by molar-refractivity contribution is 7.22. The van der Waals surface area contributed by atoms with E-state index in [-0.39, 0.29) is 5.02 Å². The fourth-order valence-electron chi connectivity index (χ4n) is 2.58. The molecule has 0 atom stereocenters. The maximum absolute atomic E-state index is 13.3. The van der Waals surface area contributed by atoms with Gasteiger partial charge in [-0.25, -0.2) is 9.37 Å². The number of thiazole rings is 1. The topological polar surface area (TPSA) is 48.1 Å². The Labute approximate surface area is 152 Å². The quantitative estimate of drug-likeness (QED) is 0.472. The monoisotopic (exact) mass is 370 g/mol. The molecule has 1 aromatic heterocycles. The minimum Gasteiger partial charge on any atom is -0.455 e. The highest BCUT2D eigenvalue weighted by atomic mass is 35.5. The van der Waals surface area contributed by atoms with E-state index in [1.54, 1.807) is 0 Å². The molecule has 0 amide bonds. The summed E-state index contributed by atoms with van der Waals surface area (Å²) in [6.45, 7) is 0. The first kappa shape index (κ1) is 15.9. The highest BCUT2D eigenvalue weighted by Gasteiger charge is 2.14. The Morgan fingerprint density at radius 2 is 1.80 bits per heavy atom. The molecule has 0 spiro atoms. The summed E-state index contributed by atoms with van der Waals surface area (Å²) in [5.41, 5.74) is 8.47. The number of nitrogens with zero attached hydrogens (tertiary/aromatic N) is 1. The summed E-state index contributed by atoms with van der Waals surface area (Å²) in [6, 6.07) is 17.7. The van der Waals surface area contributed by atoms with Crippen molar-refractivity contribution in [2.24, 2.45) is 0 Å². The number of nitrogen functional groups attached to an aromatic ring is 1. The van der Waals surface area contributed by atoms with Gasteiger partial charge in [-0.1, -0.05) is 53.3 Å². The van der Waals surface area contributed by atoms with Gasteiger partial charge < -0.3 is 10.5 Å². The number of aromatic nitrogens is 1. The van der Waals surface area contributed by atoms with Crippen LogP contribution < -0.4 is 10.5 Å². The van der Waals surface area contributed by atoms with Crippen LogP contribution in [0.15, 0.2) is 60.7 Å². The fourth-order valence-corrected chi connectivity index (χ4v) is 3.53. The first-order chi connectivity index (χ1) is 12.1. The lowest BCUT2D eigenvalue weighted by Crippen LogP contribution is -1.90. The lowest BCUT2D eigenvalue weighted by atomic mass is 10.0. The predicted molar refractivity (Wildman–Crippen MR) is 101 cm³/mol. The molecule has 4 aromatic rings. The van der Waals surface area contributed by atoms with Gasteiger partial charge in [-0.3, -0.25) is 0 Å². The maximum atomic E-state index is 13.3. The zero-order valence-corrected chi connectivity index (χ0v) is 14.4. The van der Waals surface area contributed by atoms with Gasteiger partial charge in [0.15, 0.2) is 5.13 Å². The molecule has 0 aliphatic rings. The van der Waals surface area contributed by atoms with E-state index >= 15 is 0 Å². The predicted octanol–water partition coefficient (Wildman–Crippen LogP) is 6.13. The third kappa shape index (κ3) is 3.16. The average molecular weight is 371 g/mol. The number of halogens is 2. The van der Waals surface area contributed by atoms with E-state index in [1.807, 2.05) is 42.5 Å². The molecule has 0 saturated carbocycles. The van der Waals surface area contributed by atoms with Crippen molar-refractivity contribution >= 4 is 38.3 Å². The van der Waals surface area contributed by atoms with E-state index in [2.05, 4.69) is 4.98 Å². The largest absolute Gasteiger partial charge is 0.455 e. The molecule has 124 valence electrons. The minimum atomic E-state index is -0.411. The summed E-state index contributed by atoms with van der Waals surface area (Å²) in [7, 11) is 0. The Bertz CT molecular complexity index is 1070. The molecule has 0 aliphatic heterocycles. The number of hydrogen-bond acceptors (Lipinski definition) is 4. The summed E-state index contributed by atoms with van der Waals surface area (Å²) < 4.78 is 20.2. The Morgan fingerprint density at radius 1 is 1.00 bits per heavy atom. The second-order valence-corrected chi connectivity index (χ2v) is 6.88. The van der Waals surface area contributed by atoms with Crippen LogP contribution in [0.25, 0.3) is 21.3 Å². The van der Waals surface area contributed by atoms with Crippen molar-refractivity contribution in [1.82, 2.24) is 4.98 Å². The first-order valence-electron chi connectivity index (χ1n) is 7.48. The first-order valence-corrected chi connectivity index (χ1v) is 8.68. The van der Waals surface area contributed by atoms with Crippen LogP contribution in [0.2, 0.25) is 5.02 Å². The number of ether oxygens (including phenoxy) is 1. The molecule has 0 unspecified atom stereocenters. The lowest BCUT2D eigenvalue weighted by Gasteiger charge is -2.13. The standard InChI is InChI=1S/C19H12ClFN2OS/c20-14-8-12(21)6-7-16(14)24-17-10-18-15(23-19(22)25-18)9-13(17)11-4-2-1-3-5-11/h1-10H,(H2,22,23). The molecule has 0 bridgehead atoms. The number of fused-ring (bicyclic) bond motifs is 1. The van der Waals surface area contributed by atoms with Crippen LogP contribution in [-0.4, -0.2) is 4.98 Å². The molecular weight excluding hydrogens is 359 g/mol. The molecular formula is C19H12ClFN2OS. The Morgan fingerprint density at radius 3 is 2.56 bits per heavy atom. The zero-order chi connectivity index (χ0) is 17.4. The number of nitrogens with two attached hydrogens (primary N) is 1. The van der Waals surface area contributed by atoms with E-state index in [0.29, 0.717) is 16.6 Å². The fraction of sp³-hybridized carbons (Fsp3) is 0. The Balaban J connectivity index is 1.88. The molecule has 2 N–H and O–H groups in total. The van der Waals surface area contributed by atoms with Gasteiger partial charge in [-0.15, -0.1) is 0 Å². The van der Waals surface area contributed by atoms with Gasteiger partial charge in [-0.2, -0.15) is 0 Å². The molecule has 0 saturated heterocycles. The number of benzene rings is 3. The van der Waals surface area contributed by atoms with Crippen LogP contribution >= 0.6 is 22.9 Å². The Kier molecular flexibility index (Phi) is 4.03. The van der Waals surface area contributed by atoms with Gasteiger partial charge in [0, 0.05) is 11.6 Å². The molecule has 3 nitrogen and oxygen atoms in total. The summed E-state index contributed by atoms with van der Waals surface area (Å²) in [4.78, 5) is 4.34. The van der Waals surface area contributed by atoms with Crippen LogP contribution in [0.5, 0.6) is 11.5 Å². The summed E-state index contributed by atoms with van der Waals surface area (Å²) in [6.07, 6.45) is 0. The smallest absolute Gasteiger partial charge is 0.181 e. The van der Waals surface area contributed by atoms with Gasteiger partial charge in [0.05, 0.1) is 15.2 Å². The van der Waals surface area contributed by atoms with Gasteiger partial charge in [0.2, 0.25) is 0 Å². The van der Waals surface area contributed by atoms with Crippen molar-refractivity contribution in [3.63, 3.8) is 0 Å². The molecule has 0 fully saturated rings. The second-order valence-electron chi connectivity index (χ2n) is 5.41. The van der Waals surface area contributed by atoms with Crippen LogP contribution in [0.1, 0.15) is 0 Å². The van der Waals surface area contributed by atoms with Gasteiger partial charge >= 0.3 is 0 Å². The van der Waals surface area contributed by atoms with Crippen molar-refractivity contribution in [2.45, 2.75) is 0 Å². The van der Waals surface area contributed by atoms with Gasteiger partial charge in [-0.05, 0) is 29.8 Å². The Hall–Kier alpha value is -2.63. The molecule has 0 radical (unpaired) electrons. The van der Waals surface area contributed by atoms with E-state index in [9.17, 15) is 4.39 Å². The summed E-state index contributed by atoms with van der Waals surface area (Å²) in [5, 5.41) is 0.703. The molecule has 1 heterocycles. The van der Waals surface area contributed by atoms with Crippen molar-refractivity contribution in [3.05, 3.63) is 71.5 Å². The van der Waals surface area contributed by atoms with Crippen molar-refractivity contribution in [1.29, 1.82) is 0 Å². The normalized spacial score (nSPS) is 11.0. The van der Waals surface area contributed by atoms with Crippen LogP contribution in [0.4, 0.5) is 9.52 Å². The third-order valence-corrected chi connectivity index (χ3v) is 4.85. The van der Waals surface area contributed by atoms with E-state index < -0.39 is 5.82 Å². The minimum absolute atomic E-state index is 0.211. The SMILES string of the molecule is Nc1nc2cc(-c3ccccc3)c(Oc3ccc(F)cc3Cl)cc2s1. The zero-order valence-electron chi connectivity index (χ0n) is 12.9. The molecule has 0 aliphatic carbocycles. The maximum Gasteiger partial charge on any atom is 0.181 e. The lowest BCUT2D eigenvalue weighted by molar-refractivity contribution is 0.483. The van der Waals surface area contributed by atoms with Gasteiger partial charge in [0.25, 0.3) is 0 Å². The molecule has 6 heteroatoms. The van der Waals surface area contributed by atoms with E-state index in [0.717, 1.165) is 21.3 Å². The van der Waals surface area contributed by atoms with Crippen LogP contribution in [0, 0.1) is 5.82 Å². The number of hydrogen-bond donors (Lipinski definition) is 1. The summed E-state index contributed by atoms with van der Waals surface area (Å²) >= 11 is 7.49.